The molecule has 0 saturated carbocycles. The van der Waals surface area contributed by atoms with Gasteiger partial charge in [0.05, 0.1) is 5.56 Å². The van der Waals surface area contributed by atoms with E-state index in [9.17, 15) is 4.79 Å². The van der Waals surface area contributed by atoms with Crippen molar-refractivity contribution in [2.24, 2.45) is 0 Å². The third-order valence-electron chi connectivity index (χ3n) is 3.07. The molecule has 1 aliphatic rings. The number of rotatable bonds is 1. The number of benzene rings is 1. The molecule has 0 N–H and O–H groups in total. The molecule has 1 amide bonds. The summed E-state index contributed by atoms with van der Waals surface area (Å²) >= 11 is 5.43. The van der Waals surface area contributed by atoms with E-state index in [1.54, 1.807) is 0 Å². The van der Waals surface area contributed by atoms with Crippen molar-refractivity contribution in [3.8, 4) is 0 Å². The fraction of sp³-hybridized carbons (Fsp3) is 0.500. The Kier molecular flexibility index (Phi) is 4.07. The maximum Gasteiger partial charge on any atom is 0.255 e. The summed E-state index contributed by atoms with van der Waals surface area (Å²) in [5.74, 6) is 1.15. The van der Waals surface area contributed by atoms with Crippen molar-refractivity contribution in [3.05, 3.63) is 33.8 Å². The number of thioether (sulfide) groups is 1. The van der Waals surface area contributed by atoms with Gasteiger partial charge in [0.25, 0.3) is 5.91 Å². The van der Waals surface area contributed by atoms with Gasteiger partial charge in [-0.1, -0.05) is 6.07 Å². The summed E-state index contributed by atoms with van der Waals surface area (Å²) in [4.78, 5) is 14.5. The van der Waals surface area contributed by atoms with Crippen LogP contribution in [0, 0.1) is 6.92 Å². The minimum atomic E-state index is 0.134. The molecule has 0 unspecified atom stereocenters. The van der Waals surface area contributed by atoms with E-state index in [4.69, 9.17) is 0 Å². The number of hydrogen-bond acceptors (Lipinski definition) is 2. The maximum atomic E-state index is 12.5. The Morgan fingerprint density at radius 1 is 1.44 bits per heavy atom. The maximum absolute atomic E-state index is 12.5. The van der Waals surface area contributed by atoms with Crippen molar-refractivity contribution in [1.29, 1.82) is 0 Å². The molecule has 0 spiro atoms. The number of carbonyl (C=O) groups excluding carboxylic acids is 1. The molecule has 2 nitrogen and oxygen atoms in total. The summed E-state index contributed by atoms with van der Waals surface area (Å²) in [6, 6.07) is 5.90. The third kappa shape index (κ3) is 3.09. The second kappa shape index (κ2) is 5.25. The first-order valence-corrected chi connectivity index (χ1v) is 7.86. The minimum Gasteiger partial charge on any atom is -0.336 e. The van der Waals surface area contributed by atoms with Gasteiger partial charge >= 0.3 is 0 Å². The molecule has 0 atom stereocenters. The van der Waals surface area contributed by atoms with Crippen LogP contribution < -0.4 is 0 Å². The van der Waals surface area contributed by atoms with Crippen LogP contribution in [0.4, 0.5) is 0 Å². The third-order valence-corrected chi connectivity index (χ3v) is 5.02. The van der Waals surface area contributed by atoms with E-state index >= 15 is 0 Å². The van der Waals surface area contributed by atoms with Crippen molar-refractivity contribution in [2.75, 3.05) is 18.8 Å². The van der Waals surface area contributed by atoms with Gasteiger partial charge in [0.1, 0.15) is 0 Å². The summed E-state index contributed by atoms with van der Waals surface area (Å²) < 4.78 is 1.05. The van der Waals surface area contributed by atoms with Gasteiger partial charge in [-0.05, 0) is 54.4 Å². The summed E-state index contributed by atoms with van der Waals surface area (Å²) in [7, 11) is 0. The summed E-state index contributed by atoms with van der Waals surface area (Å²) in [6.07, 6.45) is 0. The van der Waals surface area contributed by atoms with E-state index in [0.717, 1.165) is 34.4 Å². The number of halogens is 1. The molecule has 1 aliphatic heterocycles. The molecule has 18 heavy (non-hydrogen) atoms. The van der Waals surface area contributed by atoms with E-state index in [1.165, 1.54) is 0 Å². The zero-order valence-corrected chi connectivity index (χ0v) is 13.4. The molecule has 1 aromatic rings. The van der Waals surface area contributed by atoms with Gasteiger partial charge < -0.3 is 4.90 Å². The molecule has 0 bridgehead atoms. The van der Waals surface area contributed by atoms with Crippen molar-refractivity contribution < 1.29 is 4.79 Å². The Morgan fingerprint density at radius 3 is 2.78 bits per heavy atom. The lowest BCUT2D eigenvalue weighted by molar-refractivity contribution is 0.0747. The highest BCUT2D eigenvalue weighted by atomic mass is 79.9. The standard InChI is InChI=1S/C14H18BrNOS/c1-10-4-5-11(12(15)8-10)13(17)16-6-7-18-14(2,3)9-16/h4-5,8H,6-7,9H2,1-3H3. The van der Waals surface area contributed by atoms with E-state index in [-0.39, 0.29) is 10.7 Å². The molecule has 2 rings (SSSR count). The summed E-state index contributed by atoms with van der Waals surface area (Å²) in [5.41, 5.74) is 1.93. The molecule has 1 fully saturated rings. The van der Waals surface area contributed by atoms with Gasteiger partial charge in [0.15, 0.2) is 0 Å². The number of aryl methyl sites for hydroxylation is 1. The van der Waals surface area contributed by atoms with E-state index in [2.05, 4.69) is 29.8 Å². The fourth-order valence-corrected chi connectivity index (χ4v) is 3.93. The minimum absolute atomic E-state index is 0.134. The zero-order valence-electron chi connectivity index (χ0n) is 11.0. The molecule has 1 saturated heterocycles. The van der Waals surface area contributed by atoms with Crippen LogP contribution in [0.1, 0.15) is 29.8 Å². The normalized spacial score (nSPS) is 18.8. The second-order valence-electron chi connectivity index (χ2n) is 5.32. The molecule has 0 aliphatic carbocycles. The second-order valence-corrected chi connectivity index (χ2v) is 7.97. The van der Waals surface area contributed by atoms with Gasteiger partial charge in [0, 0.05) is 28.1 Å². The highest BCUT2D eigenvalue weighted by Gasteiger charge is 2.30. The van der Waals surface area contributed by atoms with Crippen LogP contribution in [-0.4, -0.2) is 34.4 Å². The van der Waals surface area contributed by atoms with E-state index < -0.39 is 0 Å². The highest BCUT2D eigenvalue weighted by molar-refractivity contribution is 9.10. The molecule has 0 radical (unpaired) electrons. The number of nitrogens with zero attached hydrogens (tertiary/aromatic N) is 1. The Balaban J connectivity index is 2.20. The number of carbonyl (C=O) groups is 1. The summed E-state index contributed by atoms with van der Waals surface area (Å²) in [5, 5.41) is 0. The van der Waals surface area contributed by atoms with Crippen LogP contribution >= 0.6 is 27.7 Å². The lowest BCUT2D eigenvalue weighted by Gasteiger charge is -2.37. The monoisotopic (exact) mass is 327 g/mol. The Labute approximate surface area is 121 Å². The Morgan fingerprint density at radius 2 is 2.17 bits per heavy atom. The lowest BCUT2D eigenvalue weighted by Crippen LogP contribution is -2.46. The first-order chi connectivity index (χ1) is 8.39. The van der Waals surface area contributed by atoms with Gasteiger partial charge in [-0.3, -0.25) is 4.79 Å². The van der Waals surface area contributed by atoms with Crippen LogP contribution in [0.25, 0.3) is 0 Å². The van der Waals surface area contributed by atoms with Crippen molar-refractivity contribution in [2.45, 2.75) is 25.5 Å². The van der Waals surface area contributed by atoms with Gasteiger partial charge in [-0.15, -0.1) is 0 Å². The molecule has 0 aromatic heterocycles. The number of hydrogen-bond donors (Lipinski definition) is 0. The zero-order chi connectivity index (χ0) is 13.3. The van der Waals surface area contributed by atoms with Crippen LogP contribution in [0.3, 0.4) is 0 Å². The lowest BCUT2D eigenvalue weighted by atomic mass is 10.1. The fourth-order valence-electron chi connectivity index (χ4n) is 2.15. The van der Waals surface area contributed by atoms with Gasteiger partial charge in [-0.25, -0.2) is 0 Å². The molecule has 4 heteroatoms. The predicted molar refractivity (Wildman–Crippen MR) is 81.3 cm³/mol. The molecule has 1 heterocycles. The van der Waals surface area contributed by atoms with Crippen molar-refractivity contribution in [1.82, 2.24) is 4.90 Å². The molecule has 98 valence electrons. The SMILES string of the molecule is Cc1ccc(C(=O)N2CCSC(C)(C)C2)c(Br)c1. The van der Waals surface area contributed by atoms with Crippen molar-refractivity contribution in [3.63, 3.8) is 0 Å². The molecular formula is C14H18BrNOS. The molecule has 1 aromatic carbocycles. The largest absolute Gasteiger partial charge is 0.336 e. The molecular weight excluding hydrogens is 310 g/mol. The van der Waals surface area contributed by atoms with Crippen LogP contribution in [0.2, 0.25) is 0 Å². The number of amides is 1. The van der Waals surface area contributed by atoms with Gasteiger partial charge in [-0.2, -0.15) is 11.8 Å². The van der Waals surface area contributed by atoms with Gasteiger partial charge in [0.2, 0.25) is 0 Å². The van der Waals surface area contributed by atoms with Crippen molar-refractivity contribution >= 4 is 33.6 Å². The van der Waals surface area contributed by atoms with Crippen LogP contribution in [0.5, 0.6) is 0 Å². The van der Waals surface area contributed by atoms with E-state index in [0.29, 0.717) is 0 Å². The first kappa shape index (κ1) is 13.9. The van der Waals surface area contributed by atoms with Crippen LogP contribution in [-0.2, 0) is 0 Å². The van der Waals surface area contributed by atoms with E-state index in [1.807, 2.05) is 41.8 Å². The Bertz CT molecular complexity index is 473. The summed E-state index contributed by atoms with van der Waals surface area (Å²) in [6.45, 7) is 8.08. The Hall–Kier alpha value is -0.480. The predicted octanol–water partition coefficient (Wildman–Crippen LogP) is 3.73. The average Bonchev–Trinajstić information content (AvgIpc) is 2.27. The van der Waals surface area contributed by atoms with Crippen LogP contribution in [0.15, 0.2) is 22.7 Å². The quantitative estimate of drug-likeness (QED) is 0.783. The smallest absolute Gasteiger partial charge is 0.255 e. The first-order valence-electron chi connectivity index (χ1n) is 6.08. The average molecular weight is 328 g/mol. The highest BCUT2D eigenvalue weighted by Crippen LogP contribution is 2.31. The topological polar surface area (TPSA) is 20.3 Å².